The highest BCUT2D eigenvalue weighted by molar-refractivity contribution is 7.99. The monoisotopic (exact) mass is 503 g/mol. The molecule has 0 spiro atoms. The topological polar surface area (TPSA) is 103 Å². The van der Waals surface area contributed by atoms with Gasteiger partial charge in [0.2, 0.25) is 11.8 Å². The van der Waals surface area contributed by atoms with Gasteiger partial charge in [0, 0.05) is 10.6 Å². The lowest BCUT2D eigenvalue weighted by atomic mass is 10.2. The summed E-state index contributed by atoms with van der Waals surface area (Å²) in [5.74, 6) is -0.0839. The molecule has 10 heteroatoms. The SMILES string of the molecule is O=C(CSc1nc2cc(Cl)ccc2c(=O)n1Cc1ccccc1)Nc1nnc(-c2ccccc2)o1. The summed E-state index contributed by atoms with van der Waals surface area (Å²) in [7, 11) is 0. The van der Waals surface area contributed by atoms with Gasteiger partial charge in [-0.2, -0.15) is 0 Å². The van der Waals surface area contributed by atoms with Gasteiger partial charge in [-0.1, -0.05) is 77.0 Å². The molecule has 0 atom stereocenters. The highest BCUT2D eigenvalue weighted by Gasteiger charge is 2.16. The van der Waals surface area contributed by atoms with Crippen LogP contribution in [0, 0.1) is 0 Å². The van der Waals surface area contributed by atoms with E-state index in [0.29, 0.717) is 33.5 Å². The molecule has 0 bridgehead atoms. The van der Waals surface area contributed by atoms with Crippen molar-refractivity contribution < 1.29 is 9.21 Å². The van der Waals surface area contributed by atoms with Crippen molar-refractivity contribution in [1.82, 2.24) is 19.7 Å². The molecular weight excluding hydrogens is 486 g/mol. The fourth-order valence-electron chi connectivity index (χ4n) is 3.45. The number of fused-ring (bicyclic) bond motifs is 1. The molecule has 0 aliphatic carbocycles. The van der Waals surface area contributed by atoms with Crippen molar-refractivity contribution in [3.63, 3.8) is 0 Å². The van der Waals surface area contributed by atoms with E-state index in [-0.39, 0.29) is 23.2 Å². The van der Waals surface area contributed by atoms with E-state index < -0.39 is 0 Å². The molecular formula is C25H18ClN5O3S. The van der Waals surface area contributed by atoms with Gasteiger partial charge in [0.1, 0.15) is 0 Å². The summed E-state index contributed by atoms with van der Waals surface area (Å²) >= 11 is 7.25. The van der Waals surface area contributed by atoms with Crippen LogP contribution in [-0.2, 0) is 11.3 Å². The number of benzene rings is 3. The molecule has 8 nitrogen and oxygen atoms in total. The Hall–Kier alpha value is -3.95. The Bertz CT molecular complexity index is 1550. The average molecular weight is 504 g/mol. The minimum Gasteiger partial charge on any atom is -0.403 e. The largest absolute Gasteiger partial charge is 0.403 e. The van der Waals surface area contributed by atoms with E-state index >= 15 is 0 Å². The second-order valence-electron chi connectivity index (χ2n) is 7.55. The number of anilines is 1. The fraction of sp³-hybridized carbons (Fsp3) is 0.0800. The molecule has 0 aliphatic heterocycles. The smallest absolute Gasteiger partial charge is 0.322 e. The van der Waals surface area contributed by atoms with Crippen molar-refractivity contribution >= 4 is 46.2 Å². The van der Waals surface area contributed by atoms with Crippen LogP contribution in [0.5, 0.6) is 0 Å². The second kappa shape index (κ2) is 10.1. The summed E-state index contributed by atoms with van der Waals surface area (Å²) in [5.41, 5.74) is 1.95. The number of carbonyl (C=O) groups excluding carboxylic acids is 1. The Morgan fingerprint density at radius 3 is 2.51 bits per heavy atom. The molecule has 0 unspecified atom stereocenters. The fourth-order valence-corrected chi connectivity index (χ4v) is 4.41. The number of nitrogens with one attached hydrogen (secondary N) is 1. The molecule has 0 radical (unpaired) electrons. The maximum absolute atomic E-state index is 13.3. The third-order valence-corrected chi connectivity index (χ3v) is 6.30. The summed E-state index contributed by atoms with van der Waals surface area (Å²) in [6, 6.07) is 23.8. The van der Waals surface area contributed by atoms with Gasteiger partial charge in [-0.3, -0.25) is 19.5 Å². The van der Waals surface area contributed by atoms with Gasteiger partial charge in [-0.25, -0.2) is 4.98 Å². The predicted octanol–water partition coefficient (Wildman–Crippen LogP) is 4.88. The first-order valence-corrected chi connectivity index (χ1v) is 12.0. The van der Waals surface area contributed by atoms with Gasteiger partial charge in [0.15, 0.2) is 5.16 Å². The molecule has 0 saturated carbocycles. The van der Waals surface area contributed by atoms with Gasteiger partial charge >= 0.3 is 6.01 Å². The van der Waals surface area contributed by atoms with E-state index in [1.165, 1.54) is 0 Å². The lowest BCUT2D eigenvalue weighted by molar-refractivity contribution is -0.113. The maximum Gasteiger partial charge on any atom is 0.322 e. The van der Waals surface area contributed by atoms with Crippen LogP contribution in [0.4, 0.5) is 6.01 Å². The van der Waals surface area contributed by atoms with Crippen LogP contribution >= 0.6 is 23.4 Å². The number of halogens is 1. The molecule has 2 aromatic heterocycles. The lowest BCUT2D eigenvalue weighted by Crippen LogP contribution is -2.25. The number of amides is 1. The first-order valence-electron chi connectivity index (χ1n) is 10.6. The Labute approximate surface area is 209 Å². The highest BCUT2D eigenvalue weighted by atomic mass is 35.5. The Morgan fingerprint density at radius 2 is 1.74 bits per heavy atom. The minimum atomic E-state index is -0.370. The Balaban J connectivity index is 1.37. The quantitative estimate of drug-likeness (QED) is 0.249. The van der Waals surface area contributed by atoms with Crippen LogP contribution in [-0.4, -0.2) is 31.4 Å². The molecule has 35 heavy (non-hydrogen) atoms. The predicted molar refractivity (Wildman–Crippen MR) is 136 cm³/mol. The first kappa shape index (κ1) is 22.8. The molecule has 0 fully saturated rings. The molecule has 5 rings (SSSR count). The van der Waals surface area contributed by atoms with Crippen molar-refractivity contribution in [3.8, 4) is 11.5 Å². The lowest BCUT2D eigenvalue weighted by Gasteiger charge is -2.13. The number of thioether (sulfide) groups is 1. The normalized spacial score (nSPS) is 11.0. The summed E-state index contributed by atoms with van der Waals surface area (Å²) < 4.78 is 7.10. The van der Waals surface area contributed by atoms with Crippen LogP contribution in [0.15, 0.2) is 93.2 Å². The van der Waals surface area contributed by atoms with Crippen molar-refractivity contribution in [2.75, 3.05) is 11.1 Å². The van der Waals surface area contributed by atoms with Crippen LogP contribution in [0.25, 0.3) is 22.4 Å². The zero-order chi connectivity index (χ0) is 24.2. The van der Waals surface area contributed by atoms with Crippen LogP contribution < -0.4 is 10.9 Å². The second-order valence-corrected chi connectivity index (χ2v) is 8.93. The van der Waals surface area contributed by atoms with E-state index in [9.17, 15) is 9.59 Å². The van der Waals surface area contributed by atoms with Crippen molar-refractivity contribution in [1.29, 1.82) is 0 Å². The molecule has 1 N–H and O–H groups in total. The number of nitrogens with zero attached hydrogens (tertiary/aromatic N) is 4. The molecule has 1 amide bonds. The van der Waals surface area contributed by atoms with E-state index in [1.54, 1.807) is 22.8 Å². The number of hydrogen-bond acceptors (Lipinski definition) is 7. The minimum absolute atomic E-state index is 0.00520. The van der Waals surface area contributed by atoms with Gasteiger partial charge < -0.3 is 4.42 Å². The molecule has 174 valence electrons. The third-order valence-electron chi connectivity index (χ3n) is 5.09. The number of aromatic nitrogens is 4. The summed E-state index contributed by atoms with van der Waals surface area (Å²) in [4.78, 5) is 30.5. The summed E-state index contributed by atoms with van der Waals surface area (Å²) in [6.07, 6.45) is 0. The van der Waals surface area contributed by atoms with Gasteiger partial charge in [-0.15, -0.1) is 5.10 Å². The summed E-state index contributed by atoms with van der Waals surface area (Å²) in [6.45, 7) is 0.319. The Kier molecular flexibility index (Phi) is 6.60. The standard InChI is InChI=1S/C25H18ClN5O3S/c26-18-11-12-19-20(13-18)27-25(31(23(19)33)14-16-7-3-1-4-8-16)35-15-21(32)28-24-30-29-22(34-24)17-9-5-2-6-10-17/h1-13H,14-15H2,(H,28,30,32). The van der Waals surface area contributed by atoms with Crippen molar-refractivity contribution in [2.45, 2.75) is 11.7 Å². The summed E-state index contributed by atoms with van der Waals surface area (Å²) in [5, 5.41) is 11.8. The van der Waals surface area contributed by atoms with Crippen LogP contribution in [0.3, 0.4) is 0 Å². The Morgan fingerprint density at radius 1 is 1.00 bits per heavy atom. The van der Waals surface area contributed by atoms with Gasteiger partial charge in [0.05, 0.1) is 23.2 Å². The van der Waals surface area contributed by atoms with Crippen LogP contribution in [0.2, 0.25) is 5.02 Å². The number of hydrogen-bond donors (Lipinski definition) is 1. The van der Waals surface area contributed by atoms with E-state index in [0.717, 1.165) is 22.9 Å². The van der Waals surface area contributed by atoms with Gasteiger partial charge in [0.25, 0.3) is 5.56 Å². The highest BCUT2D eigenvalue weighted by Crippen LogP contribution is 2.23. The first-order chi connectivity index (χ1) is 17.1. The molecule has 0 saturated heterocycles. The number of rotatable bonds is 7. The molecule has 0 aliphatic rings. The van der Waals surface area contributed by atoms with E-state index in [1.807, 2.05) is 60.7 Å². The van der Waals surface area contributed by atoms with Crippen molar-refractivity contribution in [2.24, 2.45) is 0 Å². The van der Waals surface area contributed by atoms with Crippen molar-refractivity contribution in [3.05, 3.63) is 99.8 Å². The van der Waals surface area contributed by atoms with Crippen LogP contribution in [0.1, 0.15) is 5.56 Å². The average Bonchev–Trinajstić information content (AvgIpc) is 3.34. The number of carbonyl (C=O) groups is 1. The zero-order valence-electron chi connectivity index (χ0n) is 18.2. The molecule has 2 heterocycles. The maximum atomic E-state index is 13.3. The van der Waals surface area contributed by atoms with E-state index in [4.69, 9.17) is 16.0 Å². The molecule has 5 aromatic rings. The van der Waals surface area contributed by atoms with Gasteiger partial charge in [-0.05, 0) is 35.9 Å². The van der Waals surface area contributed by atoms with E-state index in [2.05, 4.69) is 20.5 Å². The molecule has 3 aromatic carbocycles. The zero-order valence-corrected chi connectivity index (χ0v) is 19.8. The third kappa shape index (κ3) is 5.26.